The summed E-state index contributed by atoms with van der Waals surface area (Å²) in [5, 5.41) is 3.96. The zero-order chi connectivity index (χ0) is 21.2. The van der Waals surface area contributed by atoms with E-state index >= 15 is 0 Å². The van der Waals surface area contributed by atoms with Gasteiger partial charge in [-0.1, -0.05) is 23.7 Å². The van der Waals surface area contributed by atoms with Gasteiger partial charge in [-0.2, -0.15) is 0 Å². The highest BCUT2D eigenvalue weighted by Crippen LogP contribution is 2.22. The van der Waals surface area contributed by atoms with Gasteiger partial charge in [-0.15, -0.1) is 0 Å². The Kier molecular flexibility index (Phi) is 9.04. The molecule has 8 nitrogen and oxygen atoms in total. The monoisotopic (exact) mass is 437 g/mol. The molecule has 0 saturated carbocycles. The molecule has 2 aliphatic heterocycles. The van der Waals surface area contributed by atoms with Crippen molar-refractivity contribution in [3.63, 3.8) is 0 Å². The predicted molar refractivity (Wildman–Crippen MR) is 118 cm³/mol. The molecule has 166 valence electrons. The second kappa shape index (κ2) is 12.0. The summed E-state index contributed by atoms with van der Waals surface area (Å²) in [6.07, 6.45) is 0. The summed E-state index contributed by atoms with van der Waals surface area (Å²) in [5.41, 5.74) is 0. The van der Waals surface area contributed by atoms with E-state index in [-0.39, 0.29) is 5.91 Å². The summed E-state index contributed by atoms with van der Waals surface area (Å²) in [6.45, 7) is 10.4. The van der Waals surface area contributed by atoms with Crippen molar-refractivity contribution in [3.05, 3.63) is 29.3 Å². The lowest BCUT2D eigenvalue weighted by Crippen LogP contribution is -2.55. The van der Waals surface area contributed by atoms with Gasteiger partial charge in [0.25, 0.3) is 0 Å². The first-order chi connectivity index (χ1) is 14.7. The Hall–Kier alpha value is -2.03. The molecule has 0 aromatic heterocycles. The van der Waals surface area contributed by atoms with Crippen LogP contribution in [0.4, 0.5) is 0 Å². The average Bonchev–Trinajstić information content (AvgIpc) is 2.78. The van der Waals surface area contributed by atoms with Crippen LogP contribution in [0.1, 0.15) is 6.92 Å². The van der Waals surface area contributed by atoms with Gasteiger partial charge in [-0.3, -0.25) is 9.69 Å². The molecule has 1 amide bonds. The number of hydrogen-bond donors (Lipinski definition) is 1. The number of nitrogens with one attached hydrogen (secondary N) is 1. The number of hydrogen-bond acceptors (Lipinski definition) is 5. The molecular weight excluding hydrogens is 406 g/mol. The molecule has 0 atom stereocenters. The molecule has 0 radical (unpaired) electrons. The van der Waals surface area contributed by atoms with Crippen LogP contribution in [-0.2, 0) is 9.53 Å². The number of ether oxygens (including phenoxy) is 2. The van der Waals surface area contributed by atoms with Crippen molar-refractivity contribution in [2.24, 2.45) is 4.99 Å². The van der Waals surface area contributed by atoms with Gasteiger partial charge in [0.15, 0.2) is 5.96 Å². The van der Waals surface area contributed by atoms with E-state index in [0.29, 0.717) is 56.8 Å². The van der Waals surface area contributed by atoms with Gasteiger partial charge in [0.2, 0.25) is 5.91 Å². The highest BCUT2D eigenvalue weighted by molar-refractivity contribution is 6.32. The van der Waals surface area contributed by atoms with Crippen LogP contribution in [0.25, 0.3) is 0 Å². The lowest BCUT2D eigenvalue weighted by molar-refractivity contribution is -0.136. The molecule has 0 bridgehead atoms. The van der Waals surface area contributed by atoms with Crippen molar-refractivity contribution >= 4 is 23.5 Å². The Labute approximate surface area is 183 Å². The zero-order valence-corrected chi connectivity index (χ0v) is 18.4. The Morgan fingerprint density at radius 3 is 2.57 bits per heavy atom. The third-order valence-electron chi connectivity index (χ3n) is 5.18. The van der Waals surface area contributed by atoms with E-state index in [9.17, 15) is 4.79 Å². The molecule has 30 heavy (non-hydrogen) atoms. The summed E-state index contributed by atoms with van der Waals surface area (Å²) in [5.74, 6) is 1.77. The molecule has 0 aliphatic carbocycles. The summed E-state index contributed by atoms with van der Waals surface area (Å²) in [4.78, 5) is 23.5. The largest absolute Gasteiger partial charge is 0.490 e. The Morgan fingerprint density at radius 2 is 1.87 bits per heavy atom. The molecule has 2 heterocycles. The van der Waals surface area contributed by atoms with Gasteiger partial charge >= 0.3 is 0 Å². The minimum atomic E-state index is 0.198. The van der Waals surface area contributed by atoms with E-state index < -0.39 is 0 Å². The first kappa shape index (κ1) is 22.7. The number of carbonyl (C=O) groups excluding carboxylic acids is 1. The number of aliphatic imine (C=N–C) groups is 1. The van der Waals surface area contributed by atoms with Gasteiger partial charge in [0.05, 0.1) is 31.3 Å². The number of rotatable bonds is 7. The van der Waals surface area contributed by atoms with E-state index in [1.54, 1.807) is 0 Å². The standard InChI is InChI=1S/C21H32ClN5O3/c1-2-23-21(24-7-14-30-19-6-4-3-5-18(19)22)27-10-8-25(9-11-27)17-20(28)26-12-15-29-16-13-26/h3-6H,2,7-17H2,1H3,(H,23,24). The summed E-state index contributed by atoms with van der Waals surface area (Å²) in [7, 11) is 0. The summed E-state index contributed by atoms with van der Waals surface area (Å²) in [6, 6.07) is 7.45. The zero-order valence-electron chi connectivity index (χ0n) is 17.7. The minimum absolute atomic E-state index is 0.198. The number of carbonyl (C=O) groups is 1. The van der Waals surface area contributed by atoms with Gasteiger partial charge < -0.3 is 24.6 Å². The number of guanidine groups is 1. The highest BCUT2D eigenvalue weighted by atomic mass is 35.5. The lowest BCUT2D eigenvalue weighted by atomic mass is 10.3. The van der Waals surface area contributed by atoms with Crippen LogP contribution in [-0.4, -0.2) is 105 Å². The molecule has 2 aliphatic rings. The van der Waals surface area contributed by atoms with Crippen molar-refractivity contribution < 1.29 is 14.3 Å². The smallest absolute Gasteiger partial charge is 0.236 e. The van der Waals surface area contributed by atoms with Crippen LogP contribution >= 0.6 is 11.6 Å². The number of amides is 1. The second-order valence-electron chi connectivity index (χ2n) is 7.27. The van der Waals surface area contributed by atoms with Crippen LogP contribution in [0.5, 0.6) is 5.75 Å². The molecule has 9 heteroatoms. The fraction of sp³-hybridized carbons (Fsp3) is 0.619. The van der Waals surface area contributed by atoms with Gasteiger partial charge in [-0.25, -0.2) is 4.99 Å². The number of halogens is 1. The number of benzene rings is 1. The molecule has 2 fully saturated rings. The quantitative estimate of drug-likeness (QED) is 0.392. The van der Waals surface area contributed by atoms with E-state index in [2.05, 4.69) is 22.0 Å². The van der Waals surface area contributed by atoms with Crippen LogP contribution in [0.3, 0.4) is 0 Å². The van der Waals surface area contributed by atoms with Crippen molar-refractivity contribution in [2.75, 3.05) is 78.7 Å². The topological polar surface area (TPSA) is 69.6 Å². The molecule has 3 rings (SSSR count). The molecule has 1 aromatic rings. The maximum atomic E-state index is 12.5. The Bertz CT molecular complexity index is 704. The van der Waals surface area contributed by atoms with Crippen LogP contribution < -0.4 is 10.1 Å². The normalized spacial score (nSPS) is 18.4. The molecule has 1 N–H and O–H groups in total. The minimum Gasteiger partial charge on any atom is -0.490 e. The SMILES string of the molecule is CCNC(=NCCOc1ccccc1Cl)N1CCN(CC(=O)N2CCOCC2)CC1. The fourth-order valence-electron chi connectivity index (χ4n) is 3.52. The number of piperazine rings is 1. The molecule has 0 unspecified atom stereocenters. The molecule has 2 saturated heterocycles. The van der Waals surface area contributed by atoms with Crippen LogP contribution in [0.15, 0.2) is 29.3 Å². The molecule has 1 aromatic carbocycles. The summed E-state index contributed by atoms with van der Waals surface area (Å²) < 4.78 is 11.1. The summed E-state index contributed by atoms with van der Waals surface area (Å²) >= 11 is 6.12. The van der Waals surface area contributed by atoms with Gasteiger partial charge in [0.1, 0.15) is 12.4 Å². The van der Waals surface area contributed by atoms with Crippen molar-refractivity contribution in [1.82, 2.24) is 20.0 Å². The third-order valence-corrected chi connectivity index (χ3v) is 5.49. The third kappa shape index (κ3) is 6.75. The Balaban J connectivity index is 1.43. The van der Waals surface area contributed by atoms with E-state index in [4.69, 9.17) is 26.1 Å². The average molecular weight is 438 g/mol. The van der Waals surface area contributed by atoms with E-state index in [1.165, 1.54) is 0 Å². The number of nitrogens with zero attached hydrogens (tertiary/aromatic N) is 4. The first-order valence-electron chi connectivity index (χ1n) is 10.7. The fourth-order valence-corrected chi connectivity index (χ4v) is 3.71. The first-order valence-corrected chi connectivity index (χ1v) is 11.0. The maximum absolute atomic E-state index is 12.5. The number of para-hydroxylation sites is 1. The van der Waals surface area contributed by atoms with Crippen molar-refractivity contribution in [1.29, 1.82) is 0 Å². The Morgan fingerprint density at radius 1 is 1.13 bits per heavy atom. The van der Waals surface area contributed by atoms with Crippen molar-refractivity contribution in [2.45, 2.75) is 6.92 Å². The van der Waals surface area contributed by atoms with E-state index in [0.717, 1.165) is 38.7 Å². The highest BCUT2D eigenvalue weighted by Gasteiger charge is 2.24. The van der Waals surface area contributed by atoms with E-state index in [1.807, 2.05) is 29.2 Å². The van der Waals surface area contributed by atoms with Crippen molar-refractivity contribution in [3.8, 4) is 5.75 Å². The molecule has 0 spiro atoms. The molecular formula is C21H32ClN5O3. The van der Waals surface area contributed by atoms with Crippen LogP contribution in [0.2, 0.25) is 5.02 Å². The van der Waals surface area contributed by atoms with Crippen LogP contribution in [0, 0.1) is 0 Å². The number of morpholine rings is 1. The predicted octanol–water partition coefficient (Wildman–Crippen LogP) is 1.16. The van der Waals surface area contributed by atoms with Gasteiger partial charge in [0, 0.05) is 45.8 Å². The van der Waals surface area contributed by atoms with Gasteiger partial charge in [-0.05, 0) is 19.1 Å². The maximum Gasteiger partial charge on any atom is 0.236 e. The second-order valence-corrected chi connectivity index (χ2v) is 7.68. The lowest BCUT2D eigenvalue weighted by Gasteiger charge is -2.37.